The summed E-state index contributed by atoms with van der Waals surface area (Å²) in [7, 11) is 1.53. The summed E-state index contributed by atoms with van der Waals surface area (Å²) in [5.41, 5.74) is -0.925. The average molecular weight is 281 g/mol. The summed E-state index contributed by atoms with van der Waals surface area (Å²) in [6.45, 7) is 6.99. The lowest BCUT2D eigenvalue weighted by atomic mass is 9.71. The Balaban J connectivity index is 1.82. The minimum absolute atomic E-state index is 0.00131. The fourth-order valence-electron chi connectivity index (χ4n) is 3.52. The minimum atomic E-state index is -0.640. The highest BCUT2D eigenvalue weighted by Crippen LogP contribution is 2.57. The van der Waals surface area contributed by atoms with Gasteiger partial charge in [-0.25, -0.2) is 0 Å². The van der Waals surface area contributed by atoms with E-state index in [-0.39, 0.29) is 29.5 Å². The Hall–Kier alpha value is -0.710. The van der Waals surface area contributed by atoms with E-state index in [1.165, 1.54) is 7.11 Å². The van der Waals surface area contributed by atoms with Crippen LogP contribution in [0, 0.1) is 11.8 Å². The molecule has 0 aromatic heterocycles. The molecule has 0 aromatic carbocycles. The molecule has 2 fully saturated rings. The topological polar surface area (TPSA) is 51.4 Å². The number of hydrogen-bond acceptors (Lipinski definition) is 4. The van der Waals surface area contributed by atoms with Crippen molar-refractivity contribution < 1.29 is 20.4 Å². The predicted octanol–water partition coefficient (Wildman–Crippen LogP) is 2.12. The zero-order valence-corrected chi connectivity index (χ0v) is 12.6. The van der Waals surface area contributed by atoms with E-state index in [2.05, 4.69) is 13.8 Å². The fourth-order valence-corrected chi connectivity index (χ4v) is 3.52. The van der Waals surface area contributed by atoms with Crippen LogP contribution in [0.1, 0.15) is 35.0 Å². The summed E-state index contributed by atoms with van der Waals surface area (Å²) in [5, 5.41) is 0. The molecule has 5 atom stereocenters. The van der Waals surface area contributed by atoms with Crippen molar-refractivity contribution in [1.29, 1.82) is 0 Å². The first-order valence-corrected chi connectivity index (χ1v) is 7.42. The summed E-state index contributed by atoms with van der Waals surface area (Å²) >= 11 is 0. The van der Waals surface area contributed by atoms with Crippen molar-refractivity contribution >= 4 is 5.78 Å². The van der Waals surface area contributed by atoms with Gasteiger partial charge in [-0.2, -0.15) is 0 Å². The maximum atomic E-state index is 12.2. The van der Waals surface area contributed by atoms with Crippen LogP contribution in [0.3, 0.4) is 0 Å². The second-order valence-corrected chi connectivity index (χ2v) is 6.79. The SMILES string of the molecule is [2H]C1=C[C@]2(CO2)[C@@H]([C@@]2(C)O[C@@H]2CCC(C)C)[C@H](OC)C1=O. The van der Waals surface area contributed by atoms with Crippen molar-refractivity contribution in [2.75, 3.05) is 13.7 Å². The number of hydrogen-bond donors (Lipinski definition) is 0. The molecule has 2 heterocycles. The van der Waals surface area contributed by atoms with Crippen LogP contribution in [0.15, 0.2) is 12.1 Å². The van der Waals surface area contributed by atoms with Crippen LogP contribution in [0.25, 0.3) is 0 Å². The molecule has 0 aromatic rings. The Morgan fingerprint density at radius 3 is 2.85 bits per heavy atom. The maximum Gasteiger partial charge on any atom is 0.184 e. The number of ether oxygens (including phenoxy) is 3. The number of rotatable bonds is 5. The number of methoxy groups -OCH3 is 1. The number of ketones is 1. The first-order valence-electron chi connectivity index (χ1n) is 7.92. The van der Waals surface area contributed by atoms with Crippen molar-refractivity contribution in [3.05, 3.63) is 12.1 Å². The predicted molar refractivity (Wildman–Crippen MR) is 74.5 cm³/mol. The molecule has 0 radical (unpaired) electrons. The molecular weight excluding hydrogens is 256 g/mol. The van der Waals surface area contributed by atoms with Gasteiger partial charge in [-0.15, -0.1) is 0 Å². The van der Waals surface area contributed by atoms with Gasteiger partial charge in [-0.05, 0) is 37.8 Å². The minimum Gasteiger partial charge on any atom is -0.373 e. The molecule has 0 N–H and O–H groups in total. The van der Waals surface area contributed by atoms with Crippen LogP contribution in [-0.2, 0) is 19.0 Å². The van der Waals surface area contributed by atoms with E-state index in [0.29, 0.717) is 12.5 Å². The van der Waals surface area contributed by atoms with E-state index in [9.17, 15) is 4.79 Å². The quantitative estimate of drug-likeness (QED) is 0.724. The van der Waals surface area contributed by atoms with Crippen molar-refractivity contribution in [2.45, 2.75) is 57.0 Å². The molecule has 0 bridgehead atoms. The third-order valence-electron chi connectivity index (χ3n) is 4.88. The van der Waals surface area contributed by atoms with Crippen LogP contribution in [0.4, 0.5) is 0 Å². The van der Waals surface area contributed by atoms with Gasteiger partial charge < -0.3 is 14.2 Å². The van der Waals surface area contributed by atoms with Gasteiger partial charge >= 0.3 is 0 Å². The zero-order valence-electron chi connectivity index (χ0n) is 13.6. The van der Waals surface area contributed by atoms with Crippen molar-refractivity contribution in [3.63, 3.8) is 0 Å². The zero-order chi connectivity index (χ0) is 15.4. The summed E-state index contributed by atoms with van der Waals surface area (Å²) in [6.07, 6.45) is 3.26. The second kappa shape index (κ2) is 4.65. The normalized spacial score (nSPS) is 47.5. The lowest BCUT2D eigenvalue weighted by Crippen LogP contribution is -2.50. The Bertz CT molecular complexity index is 483. The molecule has 0 amide bonds. The monoisotopic (exact) mass is 281 g/mol. The van der Waals surface area contributed by atoms with Gasteiger partial charge in [0.15, 0.2) is 5.78 Å². The van der Waals surface area contributed by atoms with E-state index >= 15 is 0 Å². The summed E-state index contributed by atoms with van der Waals surface area (Å²) in [6, 6.07) is -0.00131. The molecule has 2 aliphatic heterocycles. The van der Waals surface area contributed by atoms with Gasteiger partial charge in [0.25, 0.3) is 0 Å². The standard InChI is InChI=1S/C16H24O4/c1-10(2)5-6-12-15(3,20-12)14-13(18-4)11(17)7-8-16(14)9-19-16/h7-8,10,12-14H,5-6,9H2,1-4H3/t12-,13-,14-,15+,16+/m1/s1/i7D. The van der Waals surface area contributed by atoms with Crippen LogP contribution >= 0.6 is 0 Å². The Kier molecular flexibility index (Phi) is 3.02. The van der Waals surface area contributed by atoms with E-state index in [1.54, 1.807) is 6.08 Å². The maximum absolute atomic E-state index is 12.2. The first kappa shape index (κ1) is 13.0. The van der Waals surface area contributed by atoms with Gasteiger partial charge in [-0.3, -0.25) is 4.79 Å². The van der Waals surface area contributed by atoms with Crippen molar-refractivity contribution in [1.82, 2.24) is 0 Å². The Morgan fingerprint density at radius 2 is 2.30 bits per heavy atom. The van der Waals surface area contributed by atoms with Crippen molar-refractivity contribution in [3.8, 4) is 0 Å². The average Bonchev–Trinajstić information content (AvgIpc) is 3.31. The molecule has 1 spiro atoms. The molecule has 0 unspecified atom stereocenters. The van der Waals surface area contributed by atoms with Gasteiger partial charge in [0.1, 0.15) is 17.3 Å². The van der Waals surface area contributed by atoms with Crippen LogP contribution in [0.5, 0.6) is 0 Å². The molecule has 20 heavy (non-hydrogen) atoms. The van der Waals surface area contributed by atoms with E-state index in [4.69, 9.17) is 15.6 Å². The fraction of sp³-hybridized carbons (Fsp3) is 0.812. The highest BCUT2D eigenvalue weighted by molar-refractivity contribution is 5.95. The summed E-state index contributed by atoms with van der Waals surface area (Å²) in [4.78, 5) is 12.2. The van der Waals surface area contributed by atoms with Crippen LogP contribution in [-0.4, -0.2) is 42.9 Å². The molecule has 0 saturated carbocycles. The number of carbonyl (C=O) groups excluding carboxylic acids is 1. The Morgan fingerprint density at radius 1 is 1.60 bits per heavy atom. The molecule has 4 heteroatoms. The van der Waals surface area contributed by atoms with Gasteiger partial charge in [-0.1, -0.05) is 13.8 Å². The smallest absolute Gasteiger partial charge is 0.184 e. The third kappa shape index (κ3) is 2.14. The first-order chi connectivity index (χ1) is 9.84. The molecule has 1 aliphatic carbocycles. The molecular formula is C16H24O4. The van der Waals surface area contributed by atoms with E-state index in [0.717, 1.165) is 12.8 Å². The largest absolute Gasteiger partial charge is 0.373 e. The second-order valence-electron chi connectivity index (χ2n) is 6.79. The lowest BCUT2D eigenvalue weighted by Gasteiger charge is -2.34. The summed E-state index contributed by atoms with van der Waals surface area (Å²) < 4.78 is 24.9. The Labute approximate surface area is 121 Å². The number of carbonyl (C=O) groups is 1. The van der Waals surface area contributed by atoms with Crippen LogP contribution in [0.2, 0.25) is 0 Å². The highest BCUT2D eigenvalue weighted by atomic mass is 16.6. The number of epoxide rings is 2. The van der Waals surface area contributed by atoms with E-state index in [1.807, 2.05) is 6.92 Å². The molecule has 4 nitrogen and oxygen atoms in total. The molecule has 3 aliphatic rings. The van der Waals surface area contributed by atoms with Crippen molar-refractivity contribution in [2.24, 2.45) is 11.8 Å². The van der Waals surface area contributed by atoms with Crippen LogP contribution < -0.4 is 0 Å². The third-order valence-corrected chi connectivity index (χ3v) is 4.88. The molecule has 112 valence electrons. The molecule has 3 rings (SSSR count). The lowest BCUT2D eigenvalue weighted by molar-refractivity contribution is -0.132. The van der Waals surface area contributed by atoms with Gasteiger partial charge in [0.2, 0.25) is 0 Å². The van der Waals surface area contributed by atoms with Gasteiger partial charge in [0, 0.05) is 7.11 Å². The molecule has 2 saturated heterocycles. The summed E-state index contributed by atoms with van der Waals surface area (Å²) in [5.74, 6) is 0.215. The highest BCUT2D eigenvalue weighted by Gasteiger charge is 2.70. The van der Waals surface area contributed by atoms with Gasteiger partial charge in [0.05, 0.1) is 20.0 Å². The van der Waals surface area contributed by atoms with E-state index < -0.39 is 11.7 Å².